The minimum atomic E-state index is -0.504. The van der Waals surface area contributed by atoms with E-state index >= 15 is 0 Å². The lowest BCUT2D eigenvalue weighted by molar-refractivity contribution is -0.122. The van der Waals surface area contributed by atoms with E-state index < -0.39 is 5.41 Å². The second-order valence-electron chi connectivity index (χ2n) is 6.91. The van der Waals surface area contributed by atoms with Crippen molar-refractivity contribution in [2.45, 2.75) is 26.2 Å². The third kappa shape index (κ3) is 2.37. The van der Waals surface area contributed by atoms with Gasteiger partial charge in [-0.25, -0.2) is 4.98 Å². The molecule has 0 bridgehead atoms. The van der Waals surface area contributed by atoms with Gasteiger partial charge in [0.15, 0.2) is 0 Å². The number of fused-ring (bicyclic) bond motifs is 1. The zero-order chi connectivity index (χ0) is 17.6. The van der Waals surface area contributed by atoms with Crippen LogP contribution in [0.1, 0.15) is 26.3 Å². The van der Waals surface area contributed by atoms with Gasteiger partial charge in [0.05, 0.1) is 11.1 Å². The molecule has 0 atom stereocenters. The summed E-state index contributed by atoms with van der Waals surface area (Å²) in [5, 5.41) is 0. The Balaban J connectivity index is 1.76. The number of carbonyl (C=O) groups excluding carboxylic acids is 1. The summed E-state index contributed by atoms with van der Waals surface area (Å²) in [6.07, 6.45) is 1.92. The first-order valence-corrected chi connectivity index (χ1v) is 8.60. The van der Waals surface area contributed by atoms with Crippen LogP contribution in [0.3, 0.4) is 0 Å². The average molecular weight is 331 g/mol. The van der Waals surface area contributed by atoms with Gasteiger partial charge in [-0.2, -0.15) is 0 Å². The average Bonchev–Trinajstić information content (AvgIpc) is 3.19. The molecule has 0 aliphatic carbocycles. The lowest BCUT2D eigenvalue weighted by atomic mass is 9.85. The largest absolute Gasteiger partial charge is 0.344 e. The number of benzene rings is 2. The van der Waals surface area contributed by atoms with Crippen LogP contribution in [0.5, 0.6) is 0 Å². The van der Waals surface area contributed by atoms with E-state index in [0.29, 0.717) is 6.54 Å². The predicted octanol–water partition coefficient (Wildman–Crippen LogP) is 4.39. The van der Waals surface area contributed by atoms with Crippen molar-refractivity contribution in [2.75, 3.05) is 11.4 Å². The highest BCUT2D eigenvalue weighted by atomic mass is 16.2. The first kappa shape index (κ1) is 15.6. The molecule has 4 rings (SSSR count). The lowest BCUT2D eigenvalue weighted by Gasteiger charge is -2.18. The molecule has 0 radical (unpaired) electrons. The van der Waals surface area contributed by atoms with E-state index in [1.54, 1.807) is 0 Å². The van der Waals surface area contributed by atoms with E-state index in [9.17, 15) is 4.79 Å². The maximum atomic E-state index is 12.7. The summed E-state index contributed by atoms with van der Waals surface area (Å²) in [5.74, 6) is 0.978. The molecule has 4 nitrogen and oxygen atoms in total. The second-order valence-corrected chi connectivity index (χ2v) is 6.91. The maximum Gasteiger partial charge on any atom is 0.237 e. The molecule has 0 unspecified atom stereocenters. The van der Waals surface area contributed by atoms with Gasteiger partial charge >= 0.3 is 0 Å². The van der Waals surface area contributed by atoms with Crippen LogP contribution in [0.15, 0.2) is 54.7 Å². The van der Waals surface area contributed by atoms with Gasteiger partial charge in [-0.15, -0.1) is 0 Å². The molecule has 0 spiro atoms. The first-order valence-electron chi connectivity index (χ1n) is 8.60. The zero-order valence-electron chi connectivity index (χ0n) is 14.7. The number of carbonyl (C=O) groups is 1. The maximum absolute atomic E-state index is 12.7. The van der Waals surface area contributed by atoms with Crippen LogP contribution < -0.4 is 4.90 Å². The van der Waals surface area contributed by atoms with Crippen LogP contribution in [-0.4, -0.2) is 22.4 Å². The molecule has 1 amide bonds. The Labute approximate surface area is 147 Å². The van der Waals surface area contributed by atoms with Gasteiger partial charge in [-0.1, -0.05) is 30.3 Å². The number of hydrogen-bond acceptors (Lipinski definition) is 2. The Bertz CT molecular complexity index is 941. The number of likely N-dealkylation sites (N-methyl/N-ethyl adjacent to an activating group) is 1. The van der Waals surface area contributed by atoms with E-state index in [0.717, 1.165) is 33.9 Å². The lowest BCUT2D eigenvalue weighted by Crippen LogP contribution is -2.35. The number of nitrogens with one attached hydrogen (secondary N) is 1. The van der Waals surface area contributed by atoms with Crippen molar-refractivity contribution < 1.29 is 4.79 Å². The predicted molar refractivity (Wildman–Crippen MR) is 101 cm³/mol. The molecule has 3 aromatic rings. The van der Waals surface area contributed by atoms with E-state index in [1.807, 2.05) is 74.3 Å². The summed E-state index contributed by atoms with van der Waals surface area (Å²) in [7, 11) is 0. The Hall–Kier alpha value is -2.88. The summed E-state index contributed by atoms with van der Waals surface area (Å²) in [6, 6.07) is 16.3. The zero-order valence-corrected chi connectivity index (χ0v) is 14.7. The fourth-order valence-electron chi connectivity index (χ4n) is 3.52. The summed E-state index contributed by atoms with van der Waals surface area (Å²) in [4.78, 5) is 22.5. The van der Waals surface area contributed by atoms with Crippen molar-refractivity contribution in [3.8, 4) is 22.6 Å². The Kier molecular flexibility index (Phi) is 3.49. The fourth-order valence-corrected chi connectivity index (χ4v) is 3.52. The van der Waals surface area contributed by atoms with Crippen LogP contribution in [0.4, 0.5) is 5.69 Å². The smallest absolute Gasteiger partial charge is 0.237 e. The van der Waals surface area contributed by atoms with Crippen molar-refractivity contribution >= 4 is 11.6 Å². The van der Waals surface area contributed by atoms with Gasteiger partial charge in [-0.05, 0) is 44.5 Å². The topological polar surface area (TPSA) is 49.0 Å². The summed E-state index contributed by atoms with van der Waals surface area (Å²) >= 11 is 0. The monoisotopic (exact) mass is 331 g/mol. The number of hydrogen-bond donors (Lipinski definition) is 1. The normalized spacial score (nSPS) is 15.5. The summed E-state index contributed by atoms with van der Waals surface area (Å²) in [5.41, 5.74) is 4.57. The van der Waals surface area contributed by atoms with E-state index in [2.05, 4.69) is 11.1 Å². The molecule has 1 aliphatic heterocycles. The molecule has 126 valence electrons. The number of H-pyrrole nitrogens is 1. The van der Waals surface area contributed by atoms with Gasteiger partial charge in [0.1, 0.15) is 5.82 Å². The van der Waals surface area contributed by atoms with Crippen LogP contribution >= 0.6 is 0 Å². The fraction of sp³-hybridized carbons (Fsp3) is 0.238. The molecule has 25 heavy (non-hydrogen) atoms. The highest BCUT2D eigenvalue weighted by molar-refractivity contribution is 6.07. The molecule has 1 N–H and O–H groups in total. The quantitative estimate of drug-likeness (QED) is 0.774. The van der Waals surface area contributed by atoms with Gasteiger partial charge in [0.25, 0.3) is 0 Å². The molecule has 2 heterocycles. The van der Waals surface area contributed by atoms with Crippen LogP contribution in [0, 0.1) is 0 Å². The minimum absolute atomic E-state index is 0.159. The standard InChI is InChI=1S/C21H21N3O/c1-4-24-18-11-10-15(12-16(18)21(2,3)20(24)25)19-22-13-17(23-19)14-8-6-5-7-9-14/h5-13H,4H2,1-3H3,(H,22,23). The van der Waals surface area contributed by atoms with Crippen LogP contribution in [-0.2, 0) is 10.2 Å². The van der Waals surface area contributed by atoms with E-state index in [1.165, 1.54) is 0 Å². The molecule has 2 aromatic carbocycles. The van der Waals surface area contributed by atoms with E-state index in [-0.39, 0.29) is 5.91 Å². The molecule has 1 aromatic heterocycles. The molecular formula is C21H21N3O. The number of anilines is 1. The molecule has 0 fully saturated rings. The van der Waals surface area contributed by atoms with Crippen molar-refractivity contribution in [3.63, 3.8) is 0 Å². The van der Waals surface area contributed by atoms with Crippen molar-refractivity contribution in [1.29, 1.82) is 0 Å². The highest BCUT2D eigenvalue weighted by Gasteiger charge is 2.43. The Morgan fingerprint density at radius 3 is 2.56 bits per heavy atom. The van der Waals surface area contributed by atoms with Crippen molar-refractivity contribution in [2.24, 2.45) is 0 Å². The number of aromatic amines is 1. The number of nitrogens with zero attached hydrogens (tertiary/aromatic N) is 2. The third-order valence-electron chi connectivity index (χ3n) is 4.98. The Morgan fingerprint density at radius 1 is 1.08 bits per heavy atom. The number of imidazole rings is 1. The van der Waals surface area contributed by atoms with Gasteiger partial charge in [0.2, 0.25) is 5.91 Å². The number of rotatable bonds is 3. The third-order valence-corrected chi connectivity index (χ3v) is 4.98. The molecule has 4 heteroatoms. The van der Waals surface area contributed by atoms with Crippen molar-refractivity contribution in [1.82, 2.24) is 9.97 Å². The molecular weight excluding hydrogens is 310 g/mol. The Morgan fingerprint density at radius 2 is 1.84 bits per heavy atom. The summed E-state index contributed by atoms with van der Waals surface area (Å²) in [6.45, 7) is 6.68. The van der Waals surface area contributed by atoms with Gasteiger partial charge in [-0.3, -0.25) is 4.79 Å². The number of aromatic nitrogens is 2. The van der Waals surface area contributed by atoms with Crippen LogP contribution in [0.2, 0.25) is 0 Å². The number of amides is 1. The SMILES string of the molecule is CCN1C(=O)C(C)(C)c2cc(-c3nc(-c4ccccc4)c[nH]3)ccc21. The second kappa shape index (κ2) is 5.59. The van der Waals surface area contributed by atoms with Gasteiger partial charge in [0, 0.05) is 29.6 Å². The minimum Gasteiger partial charge on any atom is -0.344 e. The van der Waals surface area contributed by atoms with E-state index in [4.69, 9.17) is 4.98 Å². The van der Waals surface area contributed by atoms with Gasteiger partial charge < -0.3 is 9.88 Å². The molecule has 0 saturated heterocycles. The first-order chi connectivity index (χ1) is 12.0. The highest BCUT2D eigenvalue weighted by Crippen LogP contribution is 2.43. The summed E-state index contributed by atoms with van der Waals surface area (Å²) < 4.78 is 0. The van der Waals surface area contributed by atoms with Crippen LogP contribution in [0.25, 0.3) is 22.6 Å². The molecule has 1 aliphatic rings. The molecule has 0 saturated carbocycles. The van der Waals surface area contributed by atoms with Crippen molar-refractivity contribution in [3.05, 3.63) is 60.3 Å².